The normalized spacial score (nSPS) is 9.57. The Morgan fingerprint density at radius 1 is 2.00 bits per heavy atom. The lowest BCUT2D eigenvalue weighted by atomic mass is 10.6. The lowest BCUT2D eigenvalue weighted by Crippen LogP contribution is -2.27. The van der Waals surface area contributed by atoms with Crippen molar-refractivity contribution >= 4 is 5.91 Å². The van der Waals surface area contributed by atoms with Gasteiger partial charge in [-0.15, -0.1) is 0 Å². The maximum Gasteiger partial charge on any atom is 0.234 e. The van der Waals surface area contributed by atoms with Crippen molar-refractivity contribution in [2.75, 3.05) is 13.6 Å². The van der Waals surface area contributed by atoms with Crippen LogP contribution in [0.5, 0.6) is 0 Å². The van der Waals surface area contributed by atoms with Crippen molar-refractivity contribution in [1.29, 1.82) is 0 Å². The lowest BCUT2D eigenvalue weighted by Gasteiger charge is -2.01. The van der Waals surface area contributed by atoms with E-state index in [1.807, 2.05) is 0 Å². The first-order valence-corrected chi connectivity index (χ1v) is 1.81. The lowest BCUT2D eigenvalue weighted by molar-refractivity contribution is -0.129. The second-order valence-electron chi connectivity index (χ2n) is 1.28. The first kappa shape index (κ1) is 6.39. The third-order valence-electron chi connectivity index (χ3n) is 0.385. The van der Waals surface area contributed by atoms with Crippen LogP contribution in [-0.4, -0.2) is 29.8 Å². The first-order chi connectivity index (χ1) is 3.13. The topological polar surface area (TPSA) is 66.6 Å². The van der Waals surface area contributed by atoms with Gasteiger partial charge < -0.3 is 10.9 Å². The standard InChI is InChI=1S/C3H8N2O2/c1-5(7)2-3(4)6/h7H,2H2,1H3,(H2,4,6). The Balaban J connectivity index is 3.13. The van der Waals surface area contributed by atoms with E-state index in [-0.39, 0.29) is 6.54 Å². The van der Waals surface area contributed by atoms with E-state index >= 15 is 0 Å². The Bertz CT molecular complexity index is 71.3. The Hall–Kier alpha value is -0.610. The fourth-order valence-electron chi connectivity index (χ4n) is 0.226. The van der Waals surface area contributed by atoms with Crippen molar-refractivity contribution in [1.82, 2.24) is 5.06 Å². The molecule has 0 aromatic heterocycles. The third-order valence-corrected chi connectivity index (χ3v) is 0.385. The molecule has 0 aromatic rings. The van der Waals surface area contributed by atoms with Crippen molar-refractivity contribution in [2.24, 2.45) is 5.73 Å². The number of amides is 1. The second kappa shape index (κ2) is 2.54. The van der Waals surface area contributed by atoms with Gasteiger partial charge in [0.05, 0.1) is 0 Å². The van der Waals surface area contributed by atoms with E-state index in [1.54, 1.807) is 0 Å². The third kappa shape index (κ3) is 5.39. The van der Waals surface area contributed by atoms with Gasteiger partial charge in [0.15, 0.2) is 0 Å². The number of nitrogens with two attached hydrogens (primary N) is 1. The number of likely N-dealkylation sites (N-methyl/N-ethyl adjacent to an activating group) is 1. The molecule has 0 aliphatic carbocycles. The SMILES string of the molecule is CN(O)CC(N)=O. The van der Waals surface area contributed by atoms with Crippen LogP contribution >= 0.6 is 0 Å². The molecule has 0 rings (SSSR count). The average Bonchev–Trinajstić information content (AvgIpc) is 1.27. The van der Waals surface area contributed by atoms with Crippen LogP contribution < -0.4 is 5.73 Å². The zero-order valence-electron chi connectivity index (χ0n) is 4.09. The molecule has 0 bridgehead atoms. The average molecular weight is 104 g/mol. The highest BCUT2D eigenvalue weighted by atomic mass is 16.5. The van der Waals surface area contributed by atoms with E-state index in [0.717, 1.165) is 5.06 Å². The van der Waals surface area contributed by atoms with Gasteiger partial charge in [-0.25, -0.2) is 0 Å². The Labute approximate surface area is 41.5 Å². The van der Waals surface area contributed by atoms with E-state index < -0.39 is 5.91 Å². The highest BCUT2D eigenvalue weighted by molar-refractivity contribution is 5.75. The van der Waals surface area contributed by atoms with Gasteiger partial charge in [-0.3, -0.25) is 4.79 Å². The summed E-state index contributed by atoms with van der Waals surface area (Å²) in [5.74, 6) is -0.537. The van der Waals surface area contributed by atoms with Crippen LogP contribution in [0.25, 0.3) is 0 Å². The highest BCUT2D eigenvalue weighted by Gasteiger charge is 1.94. The molecule has 0 atom stereocenters. The molecule has 0 saturated carbocycles. The fourth-order valence-corrected chi connectivity index (χ4v) is 0.226. The van der Waals surface area contributed by atoms with E-state index in [1.165, 1.54) is 7.05 Å². The minimum atomic E-state index is -0.537. The highest BCUT2D eigenvalue weighted by Crippen LogP contribution is 1.66. The van der Waals surface area contributed by atoms with E-state index in [0.29, 0.717) is 0 Å². The number of carbonyl (C=O) groups excluding carboxylic acids is 1. The summed E-state index contributed by atoms with van der Waals surface area (Å²) in [5.41, 5.74) is 4.65. The van der Waals surface area contributed by atoms with Crippen molar-refractivity contribution in [3.05, 3.63) is 0 Å². The largest absolute Gasteiger partial charge is 0.368 e. The summed E-state index contributed by atoms with van der Waals surface area (Å²) in [6.45, 7) is -0.111. The molecule has 0 saturated heterocycles. The molecule has 42 valence electrons. The minimum Gasteiger partial charge on any atom is -0.368 e. The predicted octanol–water partition coefficient (Wildman–Crippen LogP) is -1.21. The molecule has 4 nitrogen and oxygen atoms in total. The second-order valence-corrected chi connectivity index (χ2v) is 1.28. The number of rotatable bonds is 2. The quantitative estimate of drug-likeness (QED) is 0.432. The van der Waals surface area contributed by atoms with Gasteiger partial charge in [-0.1, -0.05) is 0 Å². The summed E-state index contributed by atoms with van der Waals surface area (Å²) in [4.78, 5) is 9.83. The van der Waals surface area contributed by atoms with Crippen LogP contribution in [0.4, 0.5) is 0 Å². The Morgan fingerprint density at radius 2 is 2.43 bits per heavy atom. The zero-order chi connectivity index (χ0) is 5.86. The number of hydrogen-bond donors (Lipinski definition) is 2. The maximum absolute atomic E-state index is 9.83. The van der Waals surface area contributed by atoms with Crippen molar-refractivity contribution < 1.29 is 10.0 Å². The summed E-state index contributed by atoms with van der Waals surface area (Å²) in [5, 5.41) is 8.98. The van der Waals surface area contributed by atoms with Crippen LogP contribution in [0.3, 0.4) is 0 Å². The smallest absolute Gasteiger partial charge is 0.234 e. The van der Waals surface area contributed by atoms with Gasteiger partial charge in [-0.05, 0) is 0 Å². The van der Waals surface area contributed by atoms with Crippen LogP contribution in [-0.2, 0) is 4.79 Å². The fraction of sp³-hybridized carbons (Fsp3) is 0.667. The van der Waals surface area contributed by atoms with Gasteiger partial charge in [0.1, 0.15) is 6.54 Å². The summed E-state index contributed by atoms with van der Waals surface area (Å²) in [6.07, 6.45) is 0. The summed E-state index contributed by atoms with van der Waals surface area (Å²) in [6, 6.07) is 0. The van der Waals surface area contributed by atoms with E-state index in [2.05, 4.69) is 5.73 Å². The van der Waals surface area contributed by atoms with Crippen LogP contribution in [0.2, 0.25) is 0 Å². The van der Waals surface area contributed by atoms with Gasteiger partial charge in [0.2, 0.25) is 5.91 Å². The Kier molecular flexibility index (Phi) is 2.32. The number of nitrogens with zero attached hydrogens (tertiary/aromatic N) is 1. The number of carbonyl (C=O) groups is 1. The molecule has 0 spiro atoms. The van der Waals surface area contributed by atoms with Crippen molar-refractivity contribution in [3.8, 4) is 0 Å². The molecule has 0 aliphatic rings. The summed E-state index contributed by atoms with van der Waals surface area (Å²) < 4.78 is 0. The van der Waals surface area contributed by atoms with Crippen LogP contribution in [0.1, 0.15) is 0 Å². The van der Waals surface area contributed by atoms with Crippen LogP contribution in [0, 0.1) is 0 Å². The molecule has 1 amide bonds. The summed E-state index contributed by atoms with van der Waals surface area (Å²) >= 11 is 0. The molecule has 0 fully saturated rings. The molecule has 4 heteroatoms. The molecule has 0 aromatic carbocycles. The number of primary amides is 1. The van der Waals surface area contributed by atoms with Crippen LogP contribution in [0.15, 0.2) is 0 Å². The number of hydrogen-bond acceptors (Lipinski definition) is 3. The predicted molar refractivity (Wildman–Crippen MR) is 23.6 cm³/mol. The molecular formula is C3H8N2O2. The Morgan fingerprint density at radius 3 is 2.43 bits per heavy atom. The number of hydroxylamine groups is 2. The van der Waals surface area contributed by atoms with Crippen molar-refractivity contribution in [3.63, 3.8) is 0 Å². The first-order valence-electron chi connectivity index (χ1n) is 1.81. The van der Waals surface area contributed by atoms with Gasteiger partial charge in [-0.2, -0.15) is 5.06 Å². The summed E-state index contributed by atoms with van der Waals surface area (Å²) in [7, 11) is 1.35. The van der Waals surface area contributed by atoms with E-state index in [9.17, 15) is 4.79 Å². The van der Waals surface area contributed by atoms with Gasteiger partial charge >= 0.3 is 0 Å². The van der Waals surface area contributed by atoms with Gasteiger partial charge in [0.25, 0.3) is 0 Å². The molecule has 0 unspecified atom stereocenters. The van der Waals surface area contributed by atoms with Crippen molar-refractivity contribution in [2.45, 2.75) is 0 Å². The molecule has 7 heavy (non-hydrogen) atoms. The monoisotopic (exact) mass is 104 g/mol. The molecule has 0 aliphatic heterocycles. The molecule has 0 heterocycles. The van der Waals surface area contributed by atoms with E-state index in [4.69, 9.17) is 5.21 Å². The molecule has 0 radical (unpaired) electrons. The molecular weight excluding hydrogens is 96.0 g/mol. The van der Waals surface area contributed by atoms with Gasteiger partial charge in [0, 0.05) is 7.05 Å². The molecule has 3 N–H and O–H groups in total. The minimum absolute atomic E-state index is 0.111. The maximum atomic E-state index is 9.83. The zero-order valence-corrected chi connectivity index (χ0v) is 4.09.